The van der Waals surface area contributed by atoms with Crippen molar-refractivity contribution in [3.8, 4) is 0 Å². The fraction of sp³-hybridized carbons (Fsp3) is 0.333. The maximum Gasteiger partial charge on any atom is 0.405 e. The van der Waals surface area contributed by atoms with E-state index in [1.165, 1.54) is 31.2 Å². The van der Waals surface area contributed by atoms with Gasteiger partial charge >= 0.3 is 12.4 Å². The van der Waals surface area contributed by atoms with Gasteiger partial charge in [0.15, 0.2) is 0 Å². The zero-order valence-electron chi connectivity index (χ0n) is 19.0. The number of carbonyl (C=O) groups is 2. The van der Waals surface area contributed by atoms with E-state index in [0.717, 1.165) is 18.2 Å². The fourth-order valence-electron chi connectivity index (χ4n) is 3.58. The molecule has 0 radical (unpaired) electrons. The number of nitrogens with one attached hydrogen (secondary N) is 2. The predicted octanol–water partition coefficient (Wildman–Crippen LogP) is 7.26. The molecule has 0 aliphatic heterocycles. The molecule has 2 amide bonds. The molecule has 3 rings (SSSR count). The Morgan fingerprint density at radius 2 is 1.62 bits per heavy atom. The molecule has 37 heavy (non-hydrogen) atoms. The standard InChI is InChI=1S/C24H19Cl3F6N2O2/c1-12-8-13(3-5-16(24(31,32)33)14-9-17(25)19(27)18(26)10-14)2-4-15(12)20(36)35-22(6-7-22)21(37)34-11-23(28,29)30/h2-5,8-10,16H,6-7,11H2,1H3,(H,34,37)(H,35,36)/b5-3+. The van der Waals surface area contributed by atoms with Gasteiger partial charge in [0.25, 0.3) is 5.91 Å². The van der Waals surface area contributed by atoms with Crippen LogP contribution in [0.25, 0.3) is 6.08 Å². The number of rotatable bonds is 7. The largest absolute Gasteiger partial charge is 0.405 e. The van der Waals surface area contributed by atoms with Crippen LogP contribution in [0.1, 0.15) is 45.8 Å². The average Bonchev–Trinajstić information content (AvgIpc) is 3.55. The SMILES string of the molecule is Cc1cc(/C=C/C(c2cc(Cl)c(Cl)c(Cl)c2)C(F)(F)F)ccc1C(=O)NC1(C(=O)NCC(F)(F)F)CC1. The molecule has 1 saturated carbocycles. The van der Waals surface area contributed by atoms with Crippen molar-refractivity contribution in [2.45, 2.75) is 43.6 Å². The molecule has 0 saturated heterocycles. The van der Waals surface area contributed by atoms with Crippen molar-refractivity contribution < 1.29 is 35.9 Å². The molecule has 2 N–H and O–H groups in total. The lowest BCUT2D eigenvalue weighted by Gasteiger charge is -2.19. The van der Waals surface area contributed by atoms with Crippen LogP contribution < -0.4 is 10.6 Å². The molecule has 1 aliphatic rings. The van der Waals surface area contributed by atoms with E-state index in [1.807, 2.05) is 0 Å². The van der Waals surface area contributed by atoms with Crippen molar-refractivity contribution in [2.75, 3.05) is 6.54 Å². The van der Waals surface area contributed by atoms with Crippen molar-refractivity contribution in [3.05, 3.63) is 73.7 Å². The van der Waals surface area contributed by atoms with Crippen LogP contribution in [-0.2, 0) is 4.79 Å². The molecular formula is C24H19Cl3F6N2O2. The minimum atomic E-state index is -4.67. The second kappa shape index (κ2) is 10.7. The minimum Gasteiger partial charge on any atom is -0.345 e. The number of alkyl halides is 6. The highest BCUT2D eigenvalue weighted by Crippen LogP contribution is 2.41. The van der Waals surface area contributed by atoms with E-state index in [0.29, 0.717) is 11.1 Å². The fourth-order valence-corrected chi connectivity index (χ4v) is 4.20. The van der Waals surface area contributed by atoms with Crippen LogP contribution in [-0.4, -0.2) is 36.3 Å². The number of amides is 2. The van der Waals surface area contributed by atoms with Crippen LogP contribution in [0.5, 0.6) is 0 Å². The van der Waals surface area contributed by atoms with Crippen LogP contribution in [0.4, 0.5) is 26.3 Å². The lowest BCUT2D eigenvalue weighted by molar-refractivity contribution is -0.140. The maximum absolute atomic E-state index is 13.8. The Bertz CT molecular complexity index is 1220. The molecule has 2 aromatic carbocycles. The molecular weight excluding hydrogens is 569 g/mol. The highest BCUT2D eigenvalue weighted by Gasteiger charge is 2.52. The summed E-state index contributed by atoms with van der Waals surface area (Å²) in [5.41, 5.74) is -0.787. The van der Waals surface area contributed by atoms with Crippen LogP contribution in [0, 0.1) is 6.92 Å². The minimum absolute atomic E-state index is 0.0627. The summed E-state index contributed by atoms with van der Waals surface area (Å²) >= 11 is 17.6. The smallest absolute Gasteiger partial charge is 0.345 e. The Labute approximate surface area is 222 Å². The van der Waals surface area contributed by atoms with E-state index in [2.05, 4.69) is 5.32 Å². The van der Waals surface area contributed by atoms with Crippen LogP contribution in [0.2, 0.25) is 15.1 Å². The summed E-state index contributed by atoms with van der Waals surface area (Å²) in [6, 6.07) is 6.37. The Morgan fingerprint density at radius 1 is 1.03 bits per heavy atom. The van der Waals surface area contributed by atoms with Gasteiger partial charge in [-0.05, 0) is 54.7 Å². The molecule has 2 aromatic rings. The Balaban J connectivity index is 1.76. The number of aryl methyl sites for hydroxylation is 1. The summed E-state index contributed by atoms with van der Waals surface area (Å²) in [5, 5.41) is 3.92. The molecule has 0 bridgehead atoms. The molecule has 4 nitrogen and oxygen atoms in total. The molecule has 200 valence electrons. The van der Waals surface area contributed by atoms with E-state index < -0.39 is 42.2 Å². The van der Waals surface area contributed by atoms with Gasteiger partial charge in [0.2, 0.25) is 5.91 Å². The van der Waals surface area contributed by atoms with Crippen LogP contribution >= 0.6 is 34.8 Å². The molecule has 1 fully saturated rings. The van der Waals surface area contributed by atoms with Crippen molar-refractivity contribution in [3.63, 3.8) is 0 Å². The number of halogens is 9. The van der Waals surface area contributed by atoms with E-state index in [1.54, 1.807) is 5.32 Å². The van der Waals surface area contributed by atoms with Gasteiger partial charge in [-0.15, -0.1) is 0 Å². The number of hydrogen-bond donors (Lipinski definition) is 2. The van der Waals surface area contributed by atoms with E-state index in [4.69, 9.17) is 34.8 Å². The summed E-state index contributed by atoms with van der Waals surface area (Å²) in [4.78, 5) is 24.8. The van der Waals surface area contributed by atoms with Gasteiger partial charge in [0.1, 0.15) is 12.1 Å². The number of carbonyl (C=O) groups excluding carboxylic acids is 2. The van der Waals surface area contributed by atoms with Gasteiger partial charge in [-0.1, -0.05) is 59.1 Å². The van der Waals surface area contributed by atoms with Gasteiger partial charge in [-0.2, -0.15) is 26.3 Å². The quantitative estimate of drug-likeness (QED) is 0.265. The molecule has 13 heteroatoms. The molecule has 1 unspecified atom stereocenters. The lowest BCUT2D eigenvalue weighted by atomic mass is 9.96. The van der Waals surface area contributed by atoms with Gasteiger partial charge in [-0.3, -0.25) is 9.59 Å². The Morgan fingerprint density at radius 3 is 2.11 bits per heavy atom. The van der Waals surface area contributed by atoms with Gasteiger partial charge in [0.05, 0.1) is 21.0 Å². The predicted molar refractivity (Wildman–Crippen MR) is 129 cm³/mol. The molecule has 1 aliphatic carbocycles. The van der Waals surface area contributed by atoms with Gasteiger partial charge in [0, 0.05) is 5.56 Å². The topological polar surface area (TPSA) is 58.2 Å². The summed E-state index contributed by atoms with van der Waals surface area (Å²) in [6.45, 7) is 0.0202. The summed E-state index contributed by atoms with van der Waals surface area (Å²) < 4.78 is 78.4. The first-order chi connectivity index (χ1) is 17.0. The summed E-state index contributed by atoms with van der Waals surface area (Å²) in [7, 11) is 0. The highest BCUT2D eigenvalue weighted by atomic mass is 35.5. The van der Waals surface area contributed by atoms with Crippen molar-refractivity contribution in [2.24, 2.45) is 0 Å². The zero-order valence-corrected chi connectivity index (χ0v) is 21.2. The Hall–Kier alpha value is -2.43. The van der Waals surface area contributed by atoms with Gasteiger partial charge < -0.3 is 10.6 Å². The lowest BCUT2D eigenvalue weighted by Crippen LogP contribution is -2.50. The van der Waals surface area contributed by atoms with Gasteiger partial charge in [-0.25, -0.2) is 0 Å². The average molecular weight is 588 g/mol. The summed E-state index contributed by atoms with van der Waals surface area (Å²) in [6.07, 6.45) is -6.77. The second-order valence-electron chi connectivity index (χ2n) is 8.59. The molecule has 0 spiro atoms. The normalized spacial score (nSPS) is 15.9. The van der Waals surface area contributed by atoms with Crippen LogP contribution in [0.15, 0.2) is 36.4 Å². The first-order valence-electron chi connectivity index (χ1n) is 10.7. The van der Waals surface area contributed by atoms with E-state index in [9.17, 15) is 35.9 Å². The number of benzene rings is 2. The van der Waals surface area contributed by atoms with Crippen molar-refractivity contribution >= 4 is 52.7 Å². The third kappa shape index (κ3) is 7.33. The first-order valence-corrected chi connectivity index (χ1v) is 11.8. The van der Waals surface area contributed by atoms with E-state index >= 15 is 0 Å². The molecule has 0 heterocycles. The zero-order chi connectivity index (χ0) is 27.8. The third-order valence-electron chi connectivity index (χ3n) is 5.68. The Kier molecular flexibility index (Phi) is 8.46. The number of allylic oxidation sites excluding steroid dienone is 1. The molecule has 0 aromatic heterocycles. The second-order valence-corrected chi connectivity index (χ2v) is 9.78. The van der Waals surface area contributed by atoms with Crippen molar-refractivity contribution in [1.82, 2.24) is 10.6 Å². The maximum atomic E-state index is 13.8. The summed E-state index contributed by atoms with van der Waals surface area (Å²) in [5.74, 6) is -3.67. The molecule has 1 atom stereocenters. The van der Waals surface area contributed by atoms with Crippen molar-refractivity contribution in [1.29, 1.82) is 0 Å². The van der Waals surface area contributed by atoms with E-state index in [-0.39, 0.29) is 39.0 Å². The third-order valence-corrected chi connectivity index (χ3v) is 6.88. The highest BCUT2D eigenvalue weighted by molar-refractivity contribution is 6.48. The number of hydrogen-bond acceptors (Lipinski definition) is 2. The van der Waals surface area contributed by atoms with Crippen LogP contribution in [0.3, 0.4) is 0 Å². The first kappa shape index (κ1) is 29.1. The monoisotopic (exact) mass is 586 g/mol.